The summed E-state index contributed by atoms with van der Waals surface area (Å²) < 4.78 is 0.583. The second kappa shape index (κ2) is 3.09. The van der Waals surface area contributed by atoms with E-state index in [-0.39, 0.29) is 0 Å². The number of nitrogens with zero attached hydrogens (tertiary/aromatic N) is 1. The minimum absolute atomic E-state index is 0.583. The van der Waals surface area contributed by atoms with Crippen LogP contribution in [0, 0.1) is 11.6 Å². The van der Waals surface area contributed by atoms with Gasteiger partial charge < -0.3 is 4.98 Å². The molecule has 4 heteroatoms. The van der Waals surface area contributed by atoms with Gasteiger partial charge in [0.1, 0.15) is 4.64 Å². The molecule has 1 N–H and O–H groups in total. The van der Waals surface area contributed by atoms with Crippen molar-refractivity contribution in [2.75, 3.05) is 0 Å². The number of hydrogen-bond acceptors (Lipinski definition) is 2. The van der Waals surface area contributed by atoms with Crippen molar-refractivity contribution < 1.29 is 0 Å². The van der Waals surface area contributed by atoms with Crippen LogP contribution >= 0.6 is 23.8 Å². The number of aryl methyl sites for hydroxylation is 1. The molecule has 1 aromatic heterocycles. The van der Waals surface area contributed by atoms with Crippen LogP contribution in [0.15, 0.2) is 18.5 Å². The predicted molar refractivity (Wildman–Crippen MR) is 56.7 cm³/mol. The Labute approximate surface area is 85.6 Å². The molecule has 13 heavy (non-hydrogen) atoms. The molecule has 0 aliphatic rings. The number of aromatic nitrogens is 2. The van der Waals surface area contributed by atoms with Crippen LogP contribution in [0.2, 0.25) is 5.02 Å². The number of H-pyrrole nitrogens is 1. The standard InChI is InChI=1S/C9H7ClN2S/c1-5-2-6-8(7(10)3-5)11-4-12-9(6)13/h2-4H,1H3,(H,11,12,13). The van der Waals surface area contributed by atoms with Crippen LogP contribution in [0.25, 0.3) is 10.9 Å². The fourth-order valence-electron chi connectivity index (χ4n) is 1.28. The predicted octanol–water partition coefficient (Wildman–Crippen LogP) is 3.25. The van der Waals surface area contributed by atoms with Crippen LogP contribution < -0.4 is 0 Å². The van der Waals surface area contributed by atoms with Gasteiger partial charge in [0.05, 0.1) is 16.9 Å². The van der Waals surface area contributed by atoms with E-state index in [0.29, 0.717) is 9.66 Å². The van der Waals surface area contributed by atoms with E-state index in [9.17, 15) is 0 Å². The van der Waals surface area contributed by atoms with Gasteiger partial charge in [-0.1, -0.05) is 23.8 Å². The minimum atomic E-state index is 0.583. The molecule has 1 heterocycles. The molecule has 1 aromatic carbocycles. The van der Waals surface area contributed by atoms with Gasteiger partial charge in [-0.3, -0.25) is 0 Å². The highest BCUT2D eigenvalue weighted by atomic mass is 35.5. The van der Waals surface area contributed by atoms with Crippen molar-refractivity contribution in [1.82, 2.24) is 9.97 Å². The van der Waals surface area contributed by atoms with Crippen molar-refractivity contribution in [2.24, 2.45) is 0 Å². The fraction of sp³-hybridized carbons (Fsp3) is 0.111. The lowest BCUT2D eigenvalue weighted by molar-refractivity contribution is 1.20. The van der Waals surface area contributed by atoms with Gasteiger partial charge in [0.2, 0.25) is 0 Å². The lowest BCUT2D eigenvalue weighted by Crippen LogP contribution is -1.85. The van der Waals surface area contributed by atoms with E-state index in [0.717, 1.165) is 16.5 Å². The van der Waals surface area contributed by atoms with Crippen molar-refractivity contribution in [3.63, 3.8) is 0 Å². The second-order valence-electron chi connectivity index (χ2n) is 2.88. The average Bonchev–Trinajstić information content (AvgIpc) is 2.07. The summed E-state index contributed by atoms with van der Waals surface area (Å²) in [5.74, 6) is 0. The number of nitrogens with one attached hydrogen (secondary N) is 1. The summed E-state index contributed by atoms with van der Waals surface area (Å²) in [6.45, 7) is 1.98. The molecule has 0 spiro atoms. The first-order valence-electron chi connectivity index (χ1n) is 3.82. The summed E-state index contributed by atoms with van der Waals surface area (Å²) in [6, 6.07) is 3.88. The van der Waals surface area contributed by atoms with Crippen LogP contribution in [0.3, 0.4) is 0 Å². The largest absolute Gasteiger partial charge is 0.345 e. The van der Waals surface area contributed by atoms with Gasteiger partial charge in [0, 0.05) is 5.39 Å². The van der Waals surface area contributed by atoms with E-state index in [4.69, 9.17) is 23.8 Å². The summed E-state index contributed by atoms with van der Waals surface area (Å²) in [6.07, 6.45) is 1.56. The normalized spacial score (nSPS) is 10.6. The fourth-order valence-corrected chi connectivity index (χ4v) is 1.82. The van der Waals surface area contributed by atoms with E-state index in [1.807, 2.05) is 19.1 Å². The molecule has 0 atom stereocenters. The summed E-state index contributed by atoms with van der Waals surface area (Å²) in [5, 5.41) is 1.59. The smallest absolute Gasteiger partial charge is 0.137 e. The summed E-state index contributed by atoms with van der Waals surface area (Å²) in [5.41, 5.74) is 1.94. The van der Waals surface area contributed by atoms with Crippen molar-refractivity contribution in [3.05, 3.63) is 33.7 Å². The third-order valence-corrected chi connectivity index (χ3v) is 2.48. The molecule has 0 fully saturated rings. The quantitative estimate of drug-likeness (QED) is 0.677. The highest BCUT2D eigenvalue weighted by molar-refractivity contribution is 7.71. The van der Waals surface area contributed by atoms with E-state index >= 15 is 0 Å². The first-order valence-corrected chi connectivity index (χ1v) is 4.60. The van der Waals surface area contributed by atoms with Crippen molar-refractivity contribution in [3.8, 4) is 0 Å². The molecule has 2 rings (SSSR count). The zero-order valence-electron chi connectivity index (χ0n) is 6.97. The Morgan fingerprint density at radius 2 is 2.23 bits per heavy atom. The van der Waals surface area contributed by atoms with Crippen molar-refractivity contribution in [1.29, 1.82) is 0 Å². The maximum atomic E-state index is 6.03. The summed E-state index contributed by atoms with van der Waals surface area (Å²) in [4.78, 5) is 6.97. The second-order valence-corrected chi connectivity index (χ2v) is 3.67. The van der Waals surface area contributed by atoms with Gasteiger partial charge in [-0.05, 0) is 24.6 Å². The van der Waals surface area contributed by atoms with Crippen molar-refractivity contribution in [2.45, 2.75) is 6.92 Å². The summed E-state index contributed by atoms with van der Waals surface area (Å²) >= 11 is 11.1. The molecule has 0 saturated heterocycles. The monoisotopic (exact) mass is 210 g/mol. The lowest BCUT2D eigenvalue weighted by Gasteiger charge is -2.01. The molecule has 0 aliphatic heterocycles. The first-order chi connectivity index (χ1) is 6.18. The lowest BCUT2D eigenvalue weighted by atomic mass is 10.2. The number of hydrogen-bond donors (Lipinski definition) is 1. The van der Waals surface area contributed by atoms with Gasteiger partial charge in [-0.2, -0.15) is 0 Å². The van der Waals surface area contributed by atoms with Gasteiger partial charge in [-0.25, -0.2) is 4.98 Å². The molecule has 2 aromatic rings. The Balaban J connectivity index is 3.03. The highest BCUT2D eigenvalue weighted by Crippen LogP contribution is 2.22. The highest BCUT2D eigenvalue weighted by Gasteiger charge is 2.01. The number of halogens is 1. The Hall–Kier alpha value is -0.930. The number of rotatable bonds is 0. The van der Waals surface area contributed by atoms with Gasteiger partial charge in [0.15, 0.2) is 0 Å². The molecule has 0 aliphatic carbocycles. The molecule has 0 saturated carbocycles. The minimum Gasteiger partial charge on any atom is -0.345 e. The topological polar surface area (TPSA) is 28.7 Å². The SMILES string of the molecule is Cc1cc(Cl)c2[nH]cnc(=S)c2c1. The molecular weight excluding hydrogens is 204 g/mol. The van der Waals surface area contributed by atoms with Crippen LogP contribution in [0.4, 0.5) is 0 Å². The Morgan fingerprint density at radius 3 is 3.00 bits per heavy atom. The molecule has 66 valence electrons. The van der Waals surface area contributed by atoms with Gasteiger partial charge >= 0.3 is 0 Å². The number of benzene rings is 1. The Bertz CT molecular complexity index is 518. The van der Waals surface area contributed by atoms with Crippen LogP contribution in [0.5, 0.6) is 0 Å². The van der Waals surface area contributed by atoms with Crippen LogP contribution in [-0.4, -0.2) is 9.97 Å². The number of aromatic amines is 1. The van der Waals surface area contributed by atoms with E-state index < -0.39 is 0 Å². The zero-order valence-corrected chi connectivity index (χ0v) is 8.54. The summed E-state index contributed by atoms with van der Waals surface area (Å²) in [7, 11) is 0. The van der Waals surface area contributed by atoms with Crippen LogP contribution in [0.1, 0.15) is 5.56 Å². The molecule has 0 bridgehead atoms. The Morgan fingerprint density at radius 1 is 1.46 bits per heavy atom. The molecule has 0 radical (unpaired) electrons. The van der Waals surface area contributed by atoms with Gasteiger partial charge in [-0.15, -0.1) is 0 Å². The zero-order chi connectivity index (χ0) is 9.42. The number of fused-ring (bicyclic) bond motifs is 1. The van der Waals surface area contributed by atoms with E-state index in [2.05, 4.69) is 9.97 Å². The van der Waals surface area contributed by atoms with E-state index in [1.54, 1.807) is 6.33 Å². The third-order valence-electron chi connectivity index (χ3n) is 1.86. The molecule has 2 nitrogen and oxygen atoms in total. The molecular formula is C9H7ClN2S. The first kappa shape index (κ1) is 8.66. The molecule has 0 unspecified atom stereocenters. The van der Waals surface area contributed by atoms with Crippen LogP contribution in [-0.2, 0) is 0 Å². The maximum absolute atomic E-state index is 6.03. The van der Waals surface area contributed by atoms with Gasteiger partial charge in [0.25, 0.3) is 0 Å². The third kappa shape index (κ3) is 1.45. The molecule has 0 amide bonds. The van der Waals surface area contributed by atoms with Crippen molar-refractivity contribution >= 4 is 34.7 Å². The average molecular weight is 211 g/mol. The van der Waals surface area contributed by atoms with E-state index in [1.165, 1.54) is 0 Å². The Kier molecular flexibility index (Phi) is 2.06. The maximum Gasteiger partial charge on any atom is 0.137 e.